The Kier molecular flexibility index (Phi) is 6.68. The minimum Gasteiger partial charge on any atom is -0.353 e. The van der Waals surface area contributed by atoms with Gasteiger partial charge in [-0.3, -0.25) is 9.59 Å². The van der Waals surface area contributed by atoms with Crippen molar-refractivity contribution < 1.29 is 18.0 Å². The third-order valence-electron chi connectivity index (χ3n) is 6.06. The van der Waals surface area contributed by atoms with Crippen LogP contribution in [0.25, 0.3) is 0 Å². The van der Waals surface area contributed by atoms with E-state index in [4.69, 9.17) is 0 Å². The number of likely N-dealkylation sites (tertiary alicyclic amines) is 1. The number of piperidine rings is 1. The molecule has 2 saturated heterocycles. The lowest BCUT2D eigenvalue weighted by Gasteiger charge is -2.30. The number of aryl methyl sites for hydroxylation is 1. The van der Waals surface area contributed by atoms with Crippen molar-refractivity contribution in [1.29, 1.82) is 0 Å². The van der Waals surface area contributed by atoms with Gasteiger partial charge in [-0.25, -0.2) is 8.42 Å². The Morgan fingerprint density at radius 3 is 2.38 bits per heavy atom. The lowest BCUT2D eigenvalue weighted by Crippen LogP contribution is -2.44. The molecule has 2 aliphatic rings. The molecule has 1 N–H and O–H groups in total. The number of aromatic nitrogens is 1. The number of hydrogen-bond donors (Lipinski definition) is 1. The van der Waals surface area contributed by atoms with E-state index in [0.29, 0.717) is 31.6 Å². The van der Waals surface area contributed by atoms with Crippen LogP contribution in [0.15, 0.2) is 17.2 Å². The van der Waals surface area contributed by atoms with Crippen molar-refractivity contribution >= 4 is 21.8 Å². The molecule has 1 aromatic heterocycles. The third-order valence-corrected chi connectivity index (χ3v) is 7.92. The van der Waals surface area contributed by atoms with Crippen molar-refractivity contribution in [1.82, 2.24) is 19.1 Å². The van der Waals surface area contributed by atoms with Crippen LogP contribution in [-0.2, 0) is 21.9 Å². The smallest absolute Gasteiger partial charge is 0.270 e. The molecule has 3 rings (SSSR count). The van der Waals surface area contributed by atoms with Gasteiger partial charge in [0.05, 0.1) is 0 Å². The first-order valence-corrected chi connectivity index (χ1v) is 11.9. The van der Waals surface area contributed by atoms with Crippen molar-refractivity contribution in [3.63, 3.8) is 0 Å². The normalized spacial score (nSPS) is 20.0. The molecule has 0 bridgehead atoms. The second-order valence-electron chi connectivity index (χ2n) is 8.17. The molecule has 0 aliphatic carbocycles. The summed E-state index contributed by atoms with van der Waals surface area (Å²) in [5.41, 5.74) is 0.397. The van der Waals surface area contributed by atoms with Crippen LogP contribution in [0.4, 0.5) is 0 Å². The predicted octanol–water partition coefficient (Wildman–Crippen LogP) is 1.58. The van der Waals surface area contributed by atoms with E-state index in [0.717, 1.165) is 32.4 Å². The fourth-order valence-corrected chi connectivity index (χ4v) is 5.48. The van der Waals surface area contributed by atoms with Crippen molar-refractivity contribution in [3.05, 3.63) is 18.0 Å². The Hall–Kier alpha value is -1.87. The number of rotatable bonds is 6. The fraction of sp³-hybridized carbons (Fsp3) is 0.700. The average Bonchev–Trinajstić information content (AvgIpc) is 3.37. The van der Waals surface area contributed by atoms with Crippen molar-refractivity contribution in [2.24, 2.45) is 13.0 Å². The maximum atomic E-state index is 13.1. The monoisotopic (exact) mass is 424 g/mol. The molecule has 2 amide bonds. The summed E-state index contributed by atoms with van der Waals surface area (Å²) in [4.78, 5) is 26.9. The van der Waals surface area contributed by atoms with Gasteiger partial charge in [0, 0.05) is 51.4 Å². The molecule has 0 radical (unpaired) electrons. The van der Waals surface area contributed by atoms with Gasteiger partial charge in [0.25, 0.3) is 5.91 Å². The molecule has 1 aromatic rings. The van der Waals surface area contributed by atoms with Gasteiger partial charge in [-0.15, -0.1) is 0 Å². The summed E-state index contributed by atoms with van der Waals surface area (Å²) in [7, 11) is -1.99. The fourth-order valence-electron chi connectivity index (χ4n) is 3.94. The van der Waals surface area contributed by atoms with Gasteiger partial charge < -0.3 is 14.8 Å². The van der Waals surface area contributed by atoms with Crippen molar-refractivity contribution in [2.75, 3.05) is 26.2 Å². The van der Waals surface area contributed by atoms with Gasteiger partial charge in [-0.05, 0) is 45.1 Å². The first-order chi connectivity index (χ1) is 13.7. The first-order valence-electron chi connectivity index (χ1n) is 10.5. The third kappa shape index (κ3) is 4.66. The van der Waals surface area contributed by atoms with Gasteiger partial charge in [-0.1, -0.05) is 6.92 Å². The molecular weight excluding hydrogens is 392 g/mol. The molecule has 0 unspecified atom stereocenters. The largest absolute Gasteiger partial charge is 0.353 e. The van der Waals surface area contributed by atoms with Crippen LogP contribution in [0.1, 0.15) is 56.4 Å². The van der Waals surface area contributed by atoms with E-state index in [1.54, 1.807) is 16.5 Å². The zero-order valence-corrected chi connectivity index (χ0v) is 18.4. The van der Waals surface area contributed by atoms with E-state index in [2.05, 4.69) is 5.32 Å². The highest BCUT2D eigenvalue weighted by molar-refractivity contribution is 7.89. The van der Waals surface area contributed by atoms with Crippen molar-refractivity contribution in [3.8, 4) is 0 Å². The Morgan fingerprint density at radius 2 is 1.79 bits per heavy atom. The van der Waals surface area contributed by atoms with Crippen LogP contribution in [0.5, 0.6) is 0 Å². The summed E-state index contributed by atoms with van der Waals surface area (Å²) in [5, 5.41) is 2.98. The molecule has 0 aromatic carbocycles. The van der Waals surface area contributed by atoms with E-state index in [-0.39, 0.29) is 28.7 Å². The molecule has 9 heteroatoms. The Labute approximate surface area is 173 Å². The van der Waals surface area contributed by atoms with E-state index in [9.17, 15) is 18.0 Å². The Balaban J connectivity index is 1.67. The predicted molar refractivity (Wildman–Crippen MR) is 110 cm³/mol. The van der Waals surface area contributed by atoms with Gasteiger partial charge >= 0.3 is 0 Å². The minimum atomic E-state index is -3.69. The second-order valence-corrected chi connectivity index (χ2v) is 10.1. The molecule has 0 saturated carbocycles. The summed E-state index contributed by atoms with van der Waals surface area (Å²) in [5.74, 6) is -0.264. The lowest BCUT2D eigenvalue weighted by atomic mass is 9.97. The highest BCUT2D eigenvalue weighted by atomic mass is 32.2. The first kappa shape index (κ1) is 21.8. The number of nitrogens with zero attached hydrogens (tertiary/aromatic N) is 3. The SMILES string of the molecule is CC[C@H](C)NC(=O)C1CCN(S(=O)(=O)c2cc(C(=O)N3CCCC3)n(C)c2)CC1. The summed E-state index contributed by atoms with van der Waals surface area (Å²) in [6, 6.07) is 1.61. The molecule has 3 heterocycles. The molecule has 1 atom stereocenters. The summed E-state index contributed by atoms with van der Waals surface area (Å²) < 4.78 is 29.2. The van der Waals surface area contributed by atoms with E-state index in [1.807, 2.05) is 13.8 Å². The molecule has 29 heavy (non-hydrogen) atoms. The zero-order chi connectivity index (χ0) is 21.2. The van der Waals surface area contributed by atoms with Gasteiger partial charge in [0.2, 0.25) is 15.9 Å². The maximum Gasteiger partial charge on any atom is 0.270 e. The molecular formula is C20H32N4O4S. The standard InChI is InChI=1S/C20H32N4O4S/c1-4-15(2)21-19(25)16-7-11-24(12-8-16)29(27,28)17-13-18(22(3)14-17)20(26)23-9-5-6-10-23/h13-16H,4-12H2,1-3H3,(H,21,25)/t15-/m0/s1. The lowest BCUT2D eigenvalue weighted by molar-refractivity contribution is -0.126. The Bertz CT molecular complexity index is 850. The molecule has 2 fully saturated rings. The molecule has 2 aliphatic heterocycles. The number of amides is 2. The van der Waals surface area contributed by atoms with Crippen LogP contribution < -0.4 is 5.32 Å². The van der Waals surface area contributed by atoms with E-state index < -0.39 is 10.0 Å². The molecule has 162 valence electrons. The zero-order valence-electron chi connectivity index (χ0n) is 17.6. The highest BCUT2D eigenvalue weighted by Gasteiger charge is 2.34. The minimum absolute atomic E-state index is 0.00889. The van der Waals surface area contributed by atoms with Gasteiger partial charge in [0.15, 0.2) is 0 Å². The number of nitrogens with one attached hydrogen (secondary N) is 1. The summed E-state index contributed by atoms with van der Waals surface area (Å²) in [6.07, 6.45) is 5.37. The number of hydrogen-bond acceptors (Lipinski definition) is 4. The van der Waals surface area contributed by atoms with Crippen LogP contribution in [0.2, 0.25) is 0 Å². The number of carbonyl (C=O) groups excluding carboxylic acids is 2. The summed E-state index contributed by atoms with van der Waals surface area (Å²) >= 11 is 0. The molecule has 0 spiro atoms. The van der Waals surface area contributed by atoms with Crippen LogP contribution in [0, 0.1) is 5.92 Å². The van der Waals surface area contributed by atoms with Crippen LogP contribution in [-0.4, -0.2) is 66.2 Å². The Morgan fingerprint density at radius 1 is 1.17 bits per heavy atom. The van der Waals surface area contributed by atoms with Gasteiger partial charge in [0.1, 0.15) is 10.6 Å². The maximum absolute atomic E-state index is 13.1. The van der Waals surface area contributed by atoms with Crippen molar-refractivity contribution in [2.45, 2.75) is 56.9 Å². The topological polar surface area (TPSA) is 91.7 Å². The number of carbonyl (C=O) groups is 2. The van der Waals surface area contributed by atoms with Gasteiger partial charge in [-0.2, -0.15) is 4.31 Å². The van der Waals surface area contributed by atoms with E-state index in [1.165, 1.54) is 16.6 Å². The highest BCUT2D eigenvalue weighted by Crippen LogP contribution is 2.26. The summed E-state index contributed by atoms with van der Waals surface area (Å²) in [6.45, 7) is 6.05. The quantitative estimate of drug-likeness (QED) is 0.750. The van der Waals surface area contributed by atoms with Crippen LogP contribution >= 0.6 is 0 Å². The van der Waals surface area contributed by atoms with Crippen LogP contribution in [0.3, 0.4) is 0 Å². The number of sulfonamides is 1. The van der Waals surface area contributed by atoms with E-state index >= 15 is 0 Å². The second kappa shape index (κ2) is 8.87. The average molecular weight is 425 g/mol. The molecule has 8 nitrogen and oxygen atoms in total.